The molecule has 34 heavy (non-hydrogen) atoms. The number of carbonyl (C=O) groups excluding carboxylic acids is 1. The summed E-state index contributed by atoms with van der Waals surface area (Å²) in [4.78, 5) is 25.1. The highest BCUT2D eigenvalue weighted by atomic mass is 32.2. The Morgan fingerprint density at radius 2 is 1.97 bits per heavy atom. The van der Waals surface area contributed by atoms with Crippen LogP contribution < -0.4 is 16.0 Å². The van der Waals surface area contributed by atoms with Crippen LogP contribution in [-0.2, 0) is 21.5 Å². The highest BCUT2D eigenvalue weighted by Gasteiger charge is 2.24. The number of nitrogens with one attached hydrogen (secondary N) is 3. The zero-order valence-electron chi connectivity index (χ0n) is 18.9. The van der Waals surface area contributed by atoms with E-state index in [4.69, 9.17) is 0 Å². The number of carboxylic acids is 1. The Balaban J connectivity index is 1.83. The molecular formula is C24H29N3O5S2. The molecule has 0 saturated carbocycles. The molecule has 2 aromatic carbocycles. The van der Waals surface area contributed by atoms with Crippen LogP contribution in [0.25, 0.3) is 0 Å². The maximum absolute atomic E-state index is 13.0. The molecule has 1 saturated heterocycles. The van der Waals surface area contributed by atoms with Gasteiger partial charge in [-0.25, -0.2) is 4.79 Å². The summed E-state index contributed by atoms with van der Waals surface area (Å²) < 4.78 is 22.8. The zero-order valence-corrected chi connectivity index (χ0v) is 20.5. The van der Waals surface area contributed by atoms with Crippen LogP contribution in [0.5, 0.6) is 0 Å². The smallest absolute Gasteiger partial charge is 0.326 e. The first kappa shape index (κ1) is 25.8. The van der Waals surface area contributed by atoms with E-state index in [2.05, 4.69) is 16.0 Å². The number of rotatable bonds is 11. The van der Waals surface area contributed by atoms with E-state index >= 15 is 0 Å². The first-order valence-electron chi connectivity index (χ1n) is 11.0. The van der Waals surface area contributed by atoms with Crippen molar-refractivity contribution in [2.45, 2.75) is 31.3 Å². The quantitative estimate of drug-likeness (QED) is 0.344. The summed E-state index contributed by atoms with van der Waals surface area (Å²) in [5.74, 6) is -0.864. The molecule has 182 valence electrons. The molecule has 2 atom stereocenters. The molecule has 1 unspecified atom stereocenters. The van der Waals surface area contributed by atoms with Gasteiger partial charge < -0.3 is 21.1 Å². The Hall–Kier alpha value is -2.82. The van der Waals surface area contributed by atoms with Crippen molar-refractivity contribution in [3.63, 3.8) is 0 Å². The van der Waals surface area contributed by atoms with Gasteiger partial charge in [-0.05, 0) is 60.6 Å². The predicted molar refractivity (Wildman–Crippen MR) is 136 cm³/mol. The van der Waals surface area contributed by atoms with E-state index < -0.39 is 28.2 Å². The SMILES string of the molecule is CSCC[C@H](NC(=O)c1ccc(NCC2NCCC2=S(=O)=O)cc1Cc1ccccc1)C(=O)O. The number of hydrogen-bond acceptors (Lipinski definition) is 7. The van der Waals surface area contributed by atoms with E-state index in [0.29, 0.717) is 48.5 Å². The minimum Gasteiger partial charge on any atom is -0.480 e. The average Bonchev–Trinajstić information content (AvgIpc) is 3.30. The first-order valence-corrected chi connectivity index (χ1v) is 13.5. The van der Waals surface area contributed by atoms with Gasteiger partial charge in [-0.1, -0.05) is 30.3 Å². The number of hydrogen-bond donors (Lipinski definition) is 4. The highest BCUT2D eigenvalue weighted by Crippen LogP contribution is 2.21. The van der Waals surface area contributed by atoms with Crippen molar-refractivity contribution in [1.29, 1.82) is 0 Å². The second kappa shape index (κ2) is 12.6. The fraction of sp³-hybridized carbons (Fsp3) is 0.375. The van der Waals surface area contributed by atoms with Gasteiger partial charge >= 0.3 is 5.97 Å². The summed E-state index contributed by atoms with van der Waals surface area (Å²) in [7, 11) is -2.22. The second-order valence-corrected chi connectivity index (χ2v) is 10.00. The minimum atomic E-state index is -2.22. The van der Waals surface area contributed by atoms with Gasteiger partial charge in [-0.15, -0.1) is 0 Å². The molecule has 0 spiro atoms. The van der Waals surface area contributed by atoms with E-state index in [1.54, 1.807) is 12.1 Å². The summed E-state index contributed by atoms with van der Waals surface area (Å²) in [6, 6.07) is 13.8. The third-order valence-electron chi connectivity index (χ3n) is 5.68. The third-order valence-corrected chi connectivity index (χ3v) is 7.24. The third kappa shape index (κ3) is 7.09. The number of amides is 1. The van der Waals surface area contributed by atoms with Crippen LogP contribution in [0.4, 0.5) is 5.69 Å². The largest absolute Gasteiger partial charge is 0.480 e. The van der Waals surface area contributed by atoms with Gasteiger partial charge in [0, 0.05) is 24.3 Å². The lowest BCUT2D eigenvalue weighted by atomic mass is 9.98. The van der Waals surface area contributed by atoms with Crippen molar-refractivity contribution in [1.82, 2.24) is 10.6 Å². The number of anilines is 1. The molecular weight excluding hydrogens is 474 g/mol. The molecule has 1 amide bonds. The van der Waals surface area contributed by atoms with Crippen molar-refractivity contribution in [2.75, 3.05) is 30.4 Å². The standard InChI is InChI=1S/C24H29N3O5S2/c1-33-12-10-20(24(29)30)27-23(28)19-8-7-18(14-17(19)13-16-5-3-2-4-6-16)26-15-21-22(34(31)32)9-11-25-21/h2-8,14,20-21,25-26H,9-13,15H2,1H3,(H,27,28)(H,29,30)/t20-,21?/m0/s1. The van der Waals surface area contributed by atoms with Gasteiger partial charge in [0.1, 0.15) is 6.04 Å². The van der Waals surface area contributed by atoms with E-state index in [1.807, 2.05) is 42.7 Å². The molecule has 0 radical (unpaired) electrons. The molecule has 10 heteroatoms. The highest BCUT2D eigenvalue weighted by molar-refractivity contribution is 7.98. The molecule has 1 aliphatic heterocycles. The molecule has 0 aliphatic carbocycles. The van der Waals surface area contributed by atoms with Gasteiger partial charge in [-0.3, -0.25) is 4.79 Å². The lowest BCUT2D eigenvalue weighted by molar-refractivity contribution is -0.139. The molecule has 0 bridgehead atoms. The zero-order chi connectivity index (χ0) is 24.5. The second-order valence-electron chi connectivity index (χ2n) is 8.02. The lowest BCUT2D eigenvalue weighted by Crippen LogP contribution is -2.41. The fourth-order valence-electron chi connectivity index (χ4n) is 3.88. The number of thioether (sulfide) groups is 1. The molecule has 3 rings (SSSR count). The summed E-state index contributed by atoms with van der Waals surface area (Å²) in [6.45, 7) is 1.02. The predicted octanol–water partition coefficient (Wildman–Crippen LogP) is 2.04. The Labute approximate surface area is 205 Å². The molecule has 4 N–H and O–H groups in total. The van der Waals surface area contributed by atoms with Crippen LogP contribution in [0.1, 0.15) is 34.3 Å². The van der Waals surface area contributed by atoms with Crippen molar-refractivity contribution >= 4 is 44.5 Å². The fourth-order valence-corrected chi connectivity index (χ4v) is 5.02. The maximum atomic E-state index is 13.0. The number of benzene rings is 2. The van der Waals surface area contributed by atoms with E-state index in [-0.39, 0.29) is 6.04 Å². The van der Waals surface area contributed by atoms with Crippen molar-refractivity contribution in [2.24, 2.45) is 0 Å². The Morgan fingerprint density at radius 3 is 2.65 bits per heavy atom. The van der Waals surface area contributed by atoms with E-state index in [9.17, 15) is 23.1 Å². The van der Waals surface area contributed by atoms with Crippen molar-refractivity contribution in [3.8, 4) is 0 Å². The van der Waals surface area contributed by atoms with E-state index in [0.717, 1.165) is 16.8 Å². The maximum Gasteiger partial charge on any atom is 0.326 e. The Kier molecular flexibility index (Phi) is 9.55. The van der Waals surface area contributed by atoms with Crippen LogP contribution in [0, 0.1) is 0 Å². The van der Waals surface area contributed by atoms with Gasteiger partial charge in [0.25, 0.3) is 5.91 Å². The lowest BCUT2D eigenvalue weighted by Gasteiger charge is -2.18. The van der Waals surface area contributed by atoms with Gasteiger partial charge in [0.15, 0.2) is 0 Å². The van der Waals surface area contributed by atoms with Crippen LogP contribution in [0.2, 0.25) is 0 Å². The Bertz CT molecular complexity index is 1140. The molecule has 1 aliphatic rings. The molecule has 2 aromatic rings. The summed E-state index contributed by atoms with van der Waals surface area (Å²) in [5, 5.41) is 18.6. The monoisotopic (exact) mass is 503 g/mol. The normalized spacial score (nSPS) is 16.1. The van der Waals surface area contributed by atoms with Crippen molar-refractivity contribution < 1.29 is 23.1 Å². The van der Waals surface area contributed by atoms with Crippen LogP contribution >= 0.6 is 11.8 Å². The number of aliphatic carboxylic acids is 1. The van der Waals surface area contributed by atoms with Crippen LogP contribution in [0.3, 0.4) is 0 Å². The first-order chi connectivity index (χ1) is 16.4. The minimum absolute atomic E-state index is 0.272. The summed E-state index contributed by atoms with van der Waals surface area (Å²) in [6.07, 6.45) is 3.22. The Morgan fingerprint density at radius 1 is 1.21 bits per heavy atom. The van der Waals surface area contributed by atoms with Crippen molar-refractivity contribution in [3.05, 3.63) is 65.2 Å². The number of carboxylic acid groups (broad SMARTS) is 1. The van der Waals surface area contributed by atoms with Gasteiger partial charge in [-0.2, -0.15) is 20.2 Å². The van der Waals surface area contributed by atoms with Gasteiger partial charge in [0.05, 0.1) is 10.9 Å². The van der Waals surface area contributed by atoms with Crippen LogP contribution in [-0.4, -0.2) is 67.4 Å². The summed E-state index contributed by atoms with van der Waals surface area (Å²) >= 11 is 1.53. The topological polar surface area (TPSA) is 125 Å². The average molecular weight is 504 g/mol. The van der Waals surface area contributed by atoms with Gasteiger partial charge in [0.2, 0.25) is 10.3 Å². The molecule has 1 heterocycles. The molecule has 0 aromatic heterocycles. The number of carbonyl (C=O) groups is 2. The van der Waals surface area contributed by atoms with Crippen LogP contribution in [0.15, 0.2) is 48.5 Å². The molecule has 8 nitrogen and oxygen atoms in total. The molecule has 1 fully saturated rings. The van der Waals surface area contributed by atoms with E-state index in [1.165, 1.54) is 11.8 Å². The summed E-state index contributed by atoms with van der Waals surface area (Å²) in [5.41, 5.74) is 2.93.